The Hall–Kier alpha value is -2.05. The fourth-order valence-corrected chi connectivity index (χ4v) is 1.42. The maximum atomic E-state index is 13.2. The first-order chi connectivity index (χ1) is 8.93. The van der Waals surface area contributed by atoms with E-state index in [2.05, 4.69) is 10.3 Å². The number of nitrogens with zero attached hydrogens (tertiary/aromatic N) is 1. The standard InChI is InChI=1S/C12H14F2N2O3/c1-7(12(18)19)3-2-5-16-11(17)8-4-6-15-10(14)9(8)13/h4,6-7H,2-3,5H2,1H3,(H,16,17)(H,18,19). The van der Waals surface area contributed by atoms with Gasteiger partial charge >= 0.3 is 5.97 Å². The number of aromatic nitrogens is 1. The van der Waals surface area contributed by atoms with Gasteiger partial charge in [-0.1, -0.05) is 6.92 Å². The monoisotopic (exact) mass is 272 g/mol. The second-order valence-corrected chi connectivity index (χ2v) is 4.10. The summed E-state index contributed by atoms with van der Waals surface area (Å²) in [6.07, 6.45) is 1.83. The van der Waals surface area contributed by atoms with Gasteiger partial charge in [0.05, 0.1) is 11.5 Å². The molecule has 104 valence electrons. The van der Waals surface area contributed by atoms with E-state index in [4.69, 9.17) is 5.11 Å². The summed E-state index contributed by atoms with van der Waals surface area (Å²) in [6.45, 7) is 1.75. The highest BCUT2D eigenvalue weighted by Crippen LogP contribution is 2.09. The van der Waals surface area contributed by atoms with Gasteiger partial charge in [0.1, 0.15) is 0 Å². The molecule has 5 nitrogen and oxygen atoms in total. The van der Waals surface area contributed by atoms with Gasteiger partial charge in [0.25, 0.3) is 5.91 Å². The Morgan fingerprint density at radius 1 is 1.47 bits per heavy atom. The number of carboxylic acid groups (broad SMARTS) is 1. The number of aliphatic carboxylic acids is 1. The second-order valence-electron chi connectivity index (χ2n) is 4.10. The quantitative estimate of drug-likeness (QED) is 0.609. The topological polar surface area (TPSA) is 79.3 Å². The molecule has 0 radical (unpaired) electrons. The minimum absolute atomic E-state index is 0.194. The van der Waals surface area contributed by atoms with Gasteiger partial charge in [-0.15, -0.1) is 0 Å². The van der Waals surface area contributed by atoms with Crippen molar-refractivity contribution in [3.63, 3.8) is 0 Å². The lowest BCUT2D eigenvalue weighted by molar-refractivity contribution is -0.141. The van der Waals surface area contributed by atoms with Crippen LogP contribution in [0.15, 0.2) is 12.3 Å². The molecule has 1 unspecified atom stereocenters. The first-order valence-electron chi connectivity index (χ1n) is 5.74. The lowest BCUT2D eigenvalue weighted by Gasteiger charge is -2.08. The Morgan fingerprint density at radius 2 is 2.16 bits per heavy atom. The van der Waals surface area contributed by atoms with Crippen LogP contribution in [0.3, 0.4) is 0 Å². The molecule has 1 amide bonds. The minimum atomic E-state index is -1.33. The van der Waals surface area contributed by atoms with E-state index in [9.17, 15) is 18.4 Å². The third-order valence-corrected chi connectivity index (χ3v) is 2.61. The van der Waals surface area contributed by atoms with E-state index in [1.807, 2.05) is 0 Å². The molecule has 1 heterocycles. The summed E-state index contributed by atoms with van der Waals surface area (Å²) in [4.78, 5) is 25.2. The molecule has 7 heteroatoms. The van der Waals surface area contributed by atoms with Crippen LogP contribution in [0, 0.1) is 17.7 Å². The van der Waals surface area contributed by atoms with Gasteiger partial charge in [-0.05, 0) is 18.9 Å². The highest BCUT2D eigenvalue weighted by atomic mass is 19.2. The minimum Gasteiger partial charge on any atom is -0.481 e. The van der Waals surface area contributed by atoms with Gasteiger partial charge in [0.2, 0.25) is 5.95 Å². The first-order valence-corrected chi connectivity index (χ1v) is 5.74. The number of halogens is 2. The van der Waals surface area contributed by atoms with Crippen LogP contribution in [0.1, 0.15) is 30.1 Å². The van der Waals surface area contributed by atoms with Crippen molar-refractivity contribution in [2.45, 2.75) is 19.8 Å². The number of pyridine rings is 1. The zero-order chi connectivity index (χ0) is 14.4. The number of rotatable bonds is 6. The Morgan fingerprint density at radius 3 is 2.79 bits per heavy atom. The molecule has 0 aliphatic carbocycles. The molecule has 1 atom stereocenters. The van der Waals surface area contributed by atoms with Crippen molar-refractivity contribution in [2.24, 2.45) is 5.92 Å². The SMILES string of the molecule is CC(CCCNC(=O)c1ccnc(F)c1F)C(=O)O. The normalized spacial score (nSPS) is 11.9. The highest BCUT2D eigenvalue weighted by molar-refractivity contribution is 5.94. The van der Waals surface area contributed by atoms with Crippen LogP contribution >= 0.6 is 0 Å². The number of carbonyl (C=O) groups excluding carboxylic acids is 1. The maximum absolute atomic E-state index is 13.2. The summed E-state index contributed by atoms with van der Waals surface area (Å²) in [6, 6.07) is 1.08. The number of nitrogens with one attached hydrogen (secondary N) is 1. The van der Waals surface area contributed by atoms with E-state index in [0.29, 0.717) is 12.8 Å². The molecule has 0 saturated heterocycles. The second kappa shape index (κ2) is 6.77. The molecule has 1 aromatic heterocycles. The number of hydrogen-bond donors (Lipinski definition) is 2. The third kappa shape index (κ3) is 4.27. The Labute approximate surface area is 108 Å². The summed E-state index contributed by atoms with van der Waals surface area (Å²) < 4.78 is 26.0. The average Bonchev–Trinajstić information content (AvgIpc) is 2.37. The van der Waals surface area contributed by atoms with E-state index in [1.54, 1.807) is 6.92 Å². The van der Waals surface area contributed by atoms with E-state index >= 15 is 0 Å². The van der Waals surface area contributed by atoms with Crippen LogP contribution in [0.5, 0.6) is 0 Å². The van der Waals surface area contributed by atoms with Crippen LogP contribution in [-0.4, -0.2) is 28.5 Å². The molecule has 0 saturated carbocycles. The number of amides is 1. The summed E-state index contributed by atoms with van der Waals surface area (Å²) >= 11 is 0. The van der Waals surface area contributed by atoms with Crippen LogP contribution in [0.4, 0.5) is 8.78 Å². The molecule has 0 aliphatic heterocycles. The predicted octanol–water partition coefficient (Wildman–Crippen LogP) is 1.59. The molecule has 2 N–H and O–H groups in total. The van der Waals surface area contributed by atoms with Crippen molar-refractivity contribution in [3.8, 4) is 0 Å². The van der Waals surface area contributed by atoms with E-state index in [0.717, 1.165) is 12.3 Å². The molecule has 0 aliphatic rings. The van der Waals surface area contributed by atoms with Crippen molar-refractivity contribution in [1.82, 2.24) is 10.3 Å². The fourth-order valence-electron chi connectivity index (χ4n) is 1.42. The molecule has 1 aromatic rings. The lowest BCUT2D eigenvalue weighted by Crippen LogP contribution is -2.26. The lowest BCUT2D eigenvalue weighted by atomic mass is 10.1. The Bertz CT molecular complexity index is 480. The first kappa shape index (κ1) is 15.0. The molecular weight excluding hydrogens is 258 g/mol. The van der Waals surface area contributed by atoms with Crippen LogP contribution in [0.2, 0.25) is 0 Å². The molecule has 0 spiro atoms. The smallest absolute Gasteiger partial charge is 0.306 e. The van der Waals surface area contributed by atoms with Crippen molar-refractivity contribution < 1.29 is 23.5 Å². The molecule has 0 bridgehead atoms. The third-order valence-electron chi connectivity index (χ3n) is 2.61. The van der Waals surface area contributed by atoms with Crippen LogP contribution < -0.4 is 5.32 Å². The van der Waals surface area contributed by atoms with E-state index in [-0.39, 0.29) is 6.54 Å². The zero-order valence-electron chi connectivity index (χ0n) is 10.3. The van der Waals surface area contributed by atoms with E-state index in [1.165, 1.54) is 0 Å². The summed E-state index contributed by atoms with van der Waals surface area (Å²) in [5.74, 6) is -4.78. The summed E-state index contributed by atoms with van der Waals surface area (Å²) in [5.41, 5.74) is -0.418. The summed E-state index contributed by atoms with van der Waals surface area (Å²) in [7, 11) is 0. The average molecular weight is 272 g/mol. The van der Waals surface area contributed by atoms with Crippen molar-refractivity contribution in [3.05, 3.63) is 29.6 Å². The van der Waals surface area contributed by atoms with Gasteiger partial charge in [0.15, 0.2) is 5.82 Å². The van der Waals surface area contributed by atoms with Gasteiger partial charge in [-0.3, -0.25) is 9.59 Å². The Balaban J connectivity index is 2.44. The van der Waals surface area contributed by atoms with Gasteiger partial charge in [-0.2, -0.15) is 4.39 Å². The molecule has 0 aromatic carbocycles. The van der Waals surface area contributed by atoms with Gasteiger partial charge in [-0.25, -0.2) is 9.37 Å². The largest absolute Gasteiger partial charge is 0.481 e. The molecular formula is C12H14F2N2O3. The molecule has 0 fully saturated rings. The van der Waals surface area contributed by atoms with Crippen LogP contribution in [-0.2, 0) is 4.79 Å². The number of carboxylic acids is 1. The molecule has 1 rings (SSSR count). The molecule has 19 heavy (non-hydrogen) atoms. The summed E-state index contributed by atoms with van der Waals surface area (Å²) in [5, 5.41) is 11.0. The van der Waals surface area contributed by atoms with Crippen molar-refractivity contribution in [2.75, 3.05) is 6.54 Å². The predicted molar refractivity (Wildman–Crippen MR) is 62.5 cm³/mol. The van der Waals surface area contributed by atoms with Gasteiger partial charge < -0.3 is 10.4 Å². The highest BCUT2D eigenvalue weighted by Gasteiger charge is 2.16. The van der Waals surface area contributed by atoms with Crippen molar-refractivity contribution >= 4 is 11.9 Å². The number of hydrogen-bond acceptors (Lipinski definition) is 3. The van der Waals surface area contributed by atoms with Gasteiger partial charge in [0, 0.05) is 12.7 Å². The van der Waals surface area contributed by atoms with Crippen LogP contribution in [0.25, 0.3) is 0 Å². The number of carbonyl (C=O) groups is 2. The van der Waals surface area contributed by atoms with E-state index < -0.39 is 35.1 Å². The zero-order valence-corrected chi connectivity index (χ0v) is 10.3. The maximum Gasteiger partial charge on any atom is 0.306 e. The fraction of sp³-hybridized carbons (Fsp3) is 0.417. The Kier molecular flexibility index (Phi) is 5.35. The van der Waals surface area contributed by atoms with Crippen molar-refractivity contribution in [1.29, 1.82) is 0 Å².